The van der Waals surface area contributed by atoms with Crippen molar-refractivity contribution in [2.45, 2.75) is 4.90 Å². The van der Waals surface area contributed by atoms with Gasteiger partial charge in [-0.15, -0.1) is 11.8 Å². The van der Waals surface area contributed by atoms with Gasteiger partial charge in [0, 0.05) is 26.8 Å². The molecule has 2 aromatic rings. The van der Waals surface area contributed by atoms with Crippen LogP contribution in [0, 0.1) is 0 Å². The zero-order valence-electron chi connectivity index (χ0n) is 10.1. The number of thioether (sulfide) groups is 1. The van der Waals surface area contributed by atoms with Crippen LogP contribution in [0.1, 0.15) is 15.9 Å². The van der Waals surface area contributed by atoms with Gasteiger partial charge in [-0.25, -0.2) is 0 Å². The monoisotopic (exact) mass is 286 g/mol. The molecule has 0 saturated carbocycles. The first kappa shape index (κ1) is 12.5. The summed E-state index contributed by atoms with van der Waals surface area (Å²) in [6, 6.07) is 15.3. The second-order valence-electron chi connectivity index (χ2n) is 4.34. The van der Waals surface area contributed by atoms with Crippen LogP contribution in [-0.2, 0) is 0 Å². The molecule has 0 spiro atoms. The van der Waals surface area contributed by atoms with Crippen LogP contribution in [0.3, 0.4) is 0 Å². The largest absolute Gasteiger partial charge is 0.289 e. The van der Waals surface area contributed by atoms with Crippen molar-refractivity contribution in [2.24, 2.45) is 0 Å². The molecule has 0 aliphatic carbocycles. The Morgan fingerprint density at radius 1 is 1.05 bits per heavy atom. The maximum atomic E-state index is 12.4. The van der Waals surface area contributed by atoms with Crippen molar-refractivity contribution in [1.29, 1.82) is 0 Å². The van der Waals surface area contributed by atoms with Crippen LogP contribution in [0.15, 0.2) is 59.0 Å². The molecule has 3 heteroatoms. The summed E-state index contributed by atoms with van der Waals surface area (Å²) in [7, 11) is 0. The molecule has 0 bridgehead atoms. The van der Waals surface area contributed by atoms with Crippen LogP contribution in [0.25, 0.3) is 6.08 Å². The van der Waals surface area contributed by atoms with Gasteiger partial charge < -0.3 is 0 Å². The lowest BCUT2D eigenvalue weighted by Gasteiger charge is -2.16. The summed E-state index contributed by atoms with van der Waals surface area (Å²) >= 11 is 7.57. The van der Waals surface area contributed by atoms with Crippen LogP contribution in [0.2, 0.25) is 5.02 Å². The van der Waals surface area contributed by atoms with Gasteiger partial charge >= 0.3 is 0 Å². The average Bonchev–Trinajstić information content (AvgIpc) is 2.45. The molecule has 19 heavy (non-hydrogen) atoms. The standard InChI is InChI=1S/C16H11ClOS/c17-13-7-5-11(6-8-13)9-12-10-19-15-4-2-1-3-14(15)16(12)18/h1-9H,10H2/b12-9-. The molecular weight excluding hydrogens is 276 g/mol. The van der Waals surface area contributed by atoms with E-state index < -0.39 is 0 Å². The molecule has 0 atom stereocenters. The fourth-order valence-electron chi connectivity index (χ4n) is 2.04. The molecule has 0 radical (unpaired) electrons. The van der Waals surface area contributed by atoms with E-state index in [1.165, 1.54) is 0 Å². The second kappa shape index (κ2) is 5.24. The summed E-state index contributed by atoms with van der Waals surface area (Å²) in [5.74, 6) is 0.850. The van der Waals surface area contributed by atoms with Crippen molar-refractivity contribution >= 4 is 35.2 Å². The molecule has 1 aliphatic rings. The molecule has 1 nitrogen and oxygen atoms in total. The molecule has 1 aliphatic heterocycles. The van der Waals surface area contributed by atoms with Crippen molar-refractivity contribution in [3.8, 4) is 0 Å². The number of rotatable bonds is 1. The highest BCUT2D eigenvalue weighted by Gasteiger charge is 2.21. The summed E-state index contributed by atoms with van der Waals surface area (Å²) in [5, 5.41) is 0.705. The third-order valence-electron chi connectivity index (χ3n) is 3.02. The van der Waals surface area contributed by atoms with Gasteiger partial charge in [0.05, 0.1) is 0 Å². The van der Waals surface area contributed by atoms with Gasteiger partial charge in [0.1, 0.15) is 0 Å². The number of Topliss-reactive ketones (excluding diaryl/α,β-unsaturated/α-hetero) is 1. The summed E-state index contributed by atoms with van der Waals surface area (Å²) in [4.78, 5) is 13.5. The summed E-state index contributed by atoms with van der Waals surface area (Å²) in [6.45, 7) is 0. The van der Waals surface area contributed by atoms with Crippen LogP contribution < -0.4 is 0 Å². The van der Waals surface area contributed by atoms with E-state index in [1.54, 1.807) is 11.8 Å². The Bertz CT molecular complexity index is 659. The maximum absolute atomic E-state index is 12.4. The molecule has 0 aromatic heterocycles. The summed E-state index contributed by atoms with van der Waals surface area (Å²) < 4.78 is 0. The van der Waals surface area contributed by atoms with Crippen molar-refractivity contribution in [3.05, 3.63) is 70.3 Å². The van der Waals surface area contributed by atoms with Gasteiger partial charge in [0.15, 0.2) is 5.78 Å². The molecule has 94 valence electrons. The Balaban J connectivity index is 1.96. The molecule has 2 aromatic carbocycles. The highest BCUT2D eigenvalue weighted by Crippen LogP contribution is 2.33. The van der Waals surface area contributed by atoms with E-state index in [2.05, 4.69) is 0 Å². The number of hydrogen-bond donors (Lipinski definition) is 0. The predicted octanol–water partition coefficient (Wildman–Crippen LogP) is 4.71. The quantitative estimate of drug-likeness (QED) is 0.706. The van der Waals surface area contributed by atoms with Gasteiger partial charge in [0.2, 0.25) is 0 Å². The smallest absolute Gasteiger partial charge is 0.191 e. The summed E-state index contributed by atoms with van der Waals surface area (Å²) in [6.07, 6.45) is 1.95. The Kier molecular flexibility index (Phi) is 3.45. The van der Waals surface area contributed by atoms with Gasteiger partial charge in [-0.2, -0.15) is 0 Å². The first-order valence-corrected chi connectivity index (χ1v) is 7.33. The molecule has 0 saturated heterocycles. The third kappa shape index (κ3) is 2.60. The normalized spacial score (nSPS) is 16.5. The number of carbonyl (C=O) groups excluding carboxylic acids is 1. The first-order valence-electron chi connectivity index (χ1n) is 5.97. The van der Waals surface area contributed by atoms with Gasteiger partial charge in [0.25, 0.3) is 0 Å². The minimum Gasteiger partial charge on any atom is -0.289 e. The zero-order valence-corrected chi connectivity index (χ0v) is 11.7. The summed E-state index contributed by atoms with van der Waals surface area (Å²) in [5.41, 5.74) is 2.65. The zero-order chi connectivity index (χ0) is 13.2. The van der Waals surface area contributed by atoms with Crippen LogP contribution >= 0.6 is 23.4 Å². The van der Waals surface area contributed by atoms with Crippen molar-refractivity contribution in [2.75, 3.05) is 5.75 Å². The molecule has 0 amide bonds. The SMILES string of the molecule is O=C1/C(=C\c2ccc(Cl)cc2)CSc2ccccc21. The number of ketones is 1. The van der Waals surface area contributed by atoms with Crippen molar-refractivity contribution < 1.29 is 4.79 Å². The van der Waals surface area contributed by atoms with Crippen LogP contribution in [0.4, 0.5) is 0 Å². The topological polar surface area (TPSA) is 17.1 Å². The van der Waals surface area contributed by atoms with Crippen molar-refractivity contribution in [3.63, 3.8) is 0 Å². The molecule has 1 heterocycles. The minimum atomic E-state index is 0.129. The number of carbonyl (C=O) groups is 1. The average molecular weight is 287 g/mol. The maximum Gasteiger partial charge on any atom is 0.191 e. The van der Waals surface area contributed by atoms with E-state index in [4.69, 9.17) is 11.6 Å². The van der Waals surface area contributed by atoms with Gasteiger partial charge in [-0.3, -0.25) is 4.79 Å². The Morgan fingerprint density at radius 3 is 2.58 bits per heavy atom. The Labute approximate surface area is 121 Å². The fraction of sp³-hybridized carbons (Fsp3) is 0.0625. The van der Waals surface area contributed by atoms with Gasteiger partial charge in [-0.05, 0) is 35.9 Å². The van der Waals surface area contributed by atoms with E-state index in [0.717, 1.165) is 27.3 Å². The molecular formula is C16H11ClOS. The molecule has 0 fully saturated rings. The minimum absolute atomic E-state index is 0.129. The first-order chi connectivity index (χ1) is 9.24. The second-order valence-corrected chi connectivity index (χ2v) is 5.79. The predicted molar refractivity (Wildman–Crippen MR) is 80.9 cm³/mol. The van der Waals surface area contributed by atoms with Crippen LogP contribution in [-0.4, -0.2) is 11.5 Å². The van der Waals surface area contributed by atoms with E-state index >= 15 is 0 Å². The van der Waals surface area contributed by atoms with Crippen molar-refractivity contribution in [1.82, 2.24) is 0 Å². The van der Waals surface area contributed by atoms with E-state index in [-0.39, 0.29) is 5.78 Å². The lowest BCUT2D eigenvalue weighted by Crippen LogP contribution is -2.11. The highest BCUT2D eigenvalue weighted by atomic mass is 35.5. The number of halogens is 1. The van der Waals surface area contributed by atoms with E-state index in [1.807, 2.05) is 54.6 Å². The highest BCUT2D eigenvalue weighted by molar-refractivity contribution is 7.99. The van der Waals surface area contributed by atoms with E-state index in [0.29, 0.717) is 5.02 Å². The molecule has 0 N–H and O–H groups in total. The Hall–Kier alpha value is -1.51. The lowest BCUT2D eigenvalue weighted by atomic mass is 10.0. The molecule has 3 rings (SSSR count). The van der Waals surface area contributed by atoms with Gasteiger partial charge in [-0.1, -0.05) is 35.9 Å². The van der Waals surface area contributed by atoms with Crippen LogP contribution in [0.5, 0.6) is 0 Å². The third-order valence-corrected chi connectivity index (χ3v) is 4.39. The molecule has 0 unspecified atom stereocenters. The lowest BCUT2D eigenvalue weighted by molar-refractivity contribution is 0.103. The van der Waals surface area contributed by atoms with E-state index in [9.17, 15) is 4.79 Å². The Morgan fingerprint density at radius 2 is 1.79 bits per heavy atom. The number of hydrogen-bond acceptors (Lipinski definition) is 2. The number of fused-ring (bicyclic) bond motifs is 1. The fourth-order valence-corrected chi connectivity index (χ4v) is 3.18. The number of benzene rings is 2.